The molecule has 68 heavy (non-hydrogen) atoms. The second kappa shape index (κ2) is 18.4. The van der Waals surface area contributed by atoms with Gasteiger partial charge in [-0.3, -0.25) is 14.4 Å². The SMILES string of the molecule is CC(=O)O[C@@]12CO[C@@H]1C[C@H](O)[C@@]1(C)C(=O)[C@H](OC(=O)COCC(=O)C(C)C)C3=C(C)[C@@H](OC(=O)[C@H](O)[C@@H](NC(=O)OC(C)(C)C)c4ccccc4)C4C[C@@](O)([C@@H](OC(=O)c5ccccc5)[C@H]21)C34C. The molecule has 1 saturated heterocycles. The van der Waals surface area contributed by atoms with E-state index < -0.39 is 137 Å². The van der Waals surface area contributed by atoms with Crippen LogP contribution in [0.3, 0.4) is 0 Å². The van der Waals surface area contributed by atoms with Gasteiger partial charge < -0.3 is 53.8 Å². The molecule has 1 amide bonds. The van der Waals surface area contributed by atoms with E-state index in [0.29, 0.717) is 5.56 Å². The van der Waals surface area contributed by atoms with Crippen molar-refractivity contribution >= 4 is 41.5 Å². The van der Waals surface area contributed by atoms with Gasteiger partial charge in [-0.15, -0.1) is 0 Å². The first-order chi connectivity index (χ1) is 31.8. The maximum absolute atomic E-state index is 15.8. The minimum absolute atomic E-state index is 0.0345. The van der Waals surface area contributed by atoms with Gasteiger partial charge in [0.1, 0.15) is 42.7 Å². The van der Waals surface area contributed by atoms with Crippen LogP contribution in [0.15, 0.2) is 71.8 Å². The molecule has 1 aliphatic heterocycles. The van der Waals surface area contributed by atoms with Gasteiger partial charge in [0.05, 0.1) is 35.6 Å². The molecule has 4 N–H and O–H groups in total. The zero-order chi connectivity index (χ0) is 49.9. The number of fused-ring (bicyclic) bond motifs is 3. The van der Waals surface area contributed by atoms with Crippen molar-refractivity contribution in [1.82, 2.24) is 5.32 Å². The number of ketones is 2. The summed E-state index contributed by atoms with van der Waals surface area (Å²) in [6, 6.07) is 14.6. The van der Waals surface area contributed by atoms with Crippen LogP contribution in [0.1, 0.15) is 97.1 Å². The highest BCUT2D eigenvalue weighted by Gasteiger charge is 2.83. The van der Waals surface area contributed by atoms with E-state index in [4.69, 9.17) is 33.2 Å². The number of ether oxygens (including phenoxy) is 7. The van der Waals surface area contributed by atoms with Crippen molar-refractivity contribution in [1.29, 1.82) is 0 Å². The number of carbonyl (C=O) groups excluding carboxylic acids is 7. The van der Waals surface area contributed by atoms with Crippen molar-refractivity contribution in [3.8, 4) is 0 Å². The topological polar surface area (TPSA) is 257 Å². The first-order valence-electron chi connectivity index (χ1n) is 22.8. The smallest absolute Gasteiger partial charge is 0.408 e. The number of esters is 4. The molecule has 2 unspecified atom stereocenters. The normalized spacial score (nSPS) is 33.4. The summed E-state index contributed by atoms with van der Waals surface area (Å²) in [5, 5.41) is 40.2. The summed E-state index contributed by atoms with van der Waals surface area (Å²) in [6.07, 6.45) is -11.3. The third-order valence-corrected chi connectivity index (χ3v) is 14.7. The molecule has 7 rings (SSSR count). The number of amides is 1. The molecule has 2 aromatic rings. The maximum Gasteiger partial charge on any atom is 0.408 e. The van der Waals surface area contributed by atoms with Crippen LogP contribution in [0.5, 0.6) is 0 Å². The van der Waals surface area contributed by atoms with Gasteiger partial charge in [0.25, 0.3) is 0 Å². The molecule has 4 fully saturated rings. The Morgan fingerprint density at radius 3 is 2.13 bits per heavy atom. The number of alkyl carbamates (subject to hydrolysis) is 1. The van der Waals surface area contributed by atoms with E-state index >= 15 is 4.79 Å². The fraction of sp³-hybridized carbons (Fsp3) is 0.580. The second-order valence-electron chi connectivity index (χ2n) is 20.3. The average molecular weight is 948 g/mol. The Morgan fingerprint density at radius 1 is 0.926 bits per heavy atom. The van der Waals surface area contributed by atoms with E-state index in [-0.39, 0.29) is 41.9 Å². The van der Waals surface area contributed by atoms with Gasteiger partial charge >= 0.3 is 30.0 Å². The lowest BCUT2D eigenvalue weighted by molar-refractivity contribution is -0.357. The molecule has 5 aliphatic rings. The highest BCUT2D eigenvalue weighted by atomic mass is 16.6. The molecule has 18 nitrogen and oxygen atoms in total. The van der Waals surface area contributed by atoms with Gasteiger partial charge in [-0.25, -0.2) is 19.2 Å². The lowest BCUT2D eigenvalue weighted by Crippen LogP contribution is -2.83. The number of aliphatic hydroxyl groups is 3. The maximum atomic E-state index is 15.8. The number of rotatable bonds is 14. The molecule has 368 valence electrons. The number of benzene rings is 2. The molecule has 2 aromatic carbocycles. The Bertz CT molecular complexity index is 2360. The predicted molar refractivity (Wildman–Crippen MR) is 236 cm³/mol. The van der Waals surface area contributed by atoms with E-state index in [1.165, 1.54) is 26.0 Å². The van der Waals surface area contributed by atoms with Crippen molar-refractivity contribution in [2.45, 2.75) is 135 Å². The summed E-state index contributed by atoms with van der Waals surface area (Å²) in [6.45, 7) is 12.2. The van der Waals surface area contributed by atoms with Crippen LogP contribution < -0.4 is 5.32 Å². The third-order valence-electron chi connectivity index (χ3n) is 14.7. The van der Waals surface area contributed by atoms with Gasteiger partial charge in [0, 0.05) is 30.6 Å². The zero-order valence-electron chi connectivity index (χ0n) is 39.6. The van der Waals surface area contributed by atoms with E-state index in [1.807, 2.05) is 0 Å². The second-order valence-corrected chi connectivity index (χ2v) is 20.3. The Kier molecular flexibility index (Phi) is 13.6. The molecule has 0 spiro atoms. The van der Waals surface area contributed by atoms with Gasteiger partial charge in [-0.2, -0.15) is 0 Å². The van der Waals surface area contributed by atoms with Gasteiger partial charge in [-0.05, 0) is 69.9 Å². The zero-order valence-corrected chi connectivity index (χ0v) is 39.6. The minimum Gasteiger partial charge on any atom is -0.456 e. The summed E-state index contributed by atoms with van der Waals surface area (Å²) < 4.78 is 41.5. The van der Waals surface area contributed by atoms with Crippen molar-refractivity contribution in [3.63, 3.8) is 0 Å². The monoisotopic (exact) mass is 947 g/mol. The first-order valence-corrected chi connectivity index (χ1v) is 22.8. The van der Waals surface area contributed by atoms with Crippen LogP contribution in [-0.4, -0.2) is 130 Å². The molecule has 13 atom stereocenters. The fourth-order valence-corrected chi connectivity index (χ4v) is 11.2. The molecule has 0 radical (unpaired) electrons. The van der Waals surface area contributed by atoms with Crippen LogP contribution in [0.25, 0.3) is 0 Å². The summed E-state index contributed by atoms with van der Waals surface area (Å²) >= 11 is 0. The Labute approximate surface area is 393 Å². The summed E-state index contributed by atoms with van der Waals surface area (Å²) in [5.74, 6) is -8.21. The molecular formula is C50H61NO17. The average Bonchev–Trinajstić information content (AvgIpc) is 3.44. The van der Waals surface area contributed by atoms with Crippen molar-refractivity contribution < 1.29 is 82.0 Å². The highest BCUT2D eigenvalue weighted by molar-refractivity contribution is 5.96. The van der Waals surface area contributed by atoms with Crippen molar-refractivity contribution in [2.24, 2.45) is 28.6 Å². The summed E-state index contributed by atoms with van der Waals surface area (Å²) in [7, 11) is 0. The van der Waals surface area contributed by atoms with E-state index in [0.717, 1.165) is 6.92 Å². The van der Waals surface area contributed by atoms with Crippen LogP contribution in [-0.2, 0) is 57.1 Å². The van der Waals surface area contributed by atoms with Gasteiger partial charge in [-0.1, -0.05) is 69.3 Å². The summed E-state index contributed by atoms with van der Waals surface area (Å²) in [4.78, 5) is 96.9. The van der Waals surface area contributed by atoms with Crippen molar-refractivity contribution in [3.05, 3.63) is 82.9 Å². The van der Waals surface area contributed by atoms with E-state index in [1.54, 1.807) is 90.1 Å². The minimum atomic E-state index is -2.26. The molecule has 0 bridgehead atoms. The molecule has 4 aliphatic carbocycles. The van der Waals surface area contributed by atoms with Gasteiger partial charge in [0.2, 0.25) is 0 Å². The lowest BCUT2D eigenvalue weighted by atomic mass is 9.40. The number of nitrogens with one attached hydrogen (secondary N) is 1. The standard InChI is InChI=1S/C50H61NO17/c1-25(2)31(53)22-62-23-34(55)64-39-35-26(3)38(65-44(59)37(56)36(28-16-12-10-13-17-28)51-45(60)68-46(5,6)7)30-21-50(61,48(30,35)9)42(66-43(58)29-18-14-11-15-19-29)40-47(8,41(39)57)32(54)20-33-49(40,24-63-33)67-27(4)52/h10-19,25,30,32-33,36-40,42,54,56,61H,20-24H2,1-9H3,(H,51,60)/t30?,32-,33+,36-,37+,38+,39+,40-,42-,47+,48?,49-,50+/m0/s1. The third kappa shape index (κ3) is 8.52. The number of aliphatic hydroxyl groups excluding tert-OH is 2. The molecule has 0 aromatic heterocycles. The highest BCUT2D eigenvalue weighted by Crippen LogP contribution is 2.73. The Hall–Kier alpha value is -5.53. The lowest BCUT2D eigenvalue weighted by Gasteiger charge is -2.70. The molecule has 18 heteroatoms. The Balaban J connectivity index is 1.36. The molecular weight excluding hydrogens is 887 g/mol. The predicted octanol–water partition coefficient (Wildman–Crippen LogP) is 3.66. The van der Waals surface area contributed by atoms with E-state index in [2.05, 4.69) is 5.32 Å². The van der Waals surface area contributed by atoms with Crippen LogP contribution in [0.4, 0.5) is 4.79 Å². The number of carbonyl (C=O) groups is 7. The largest absolute Gasteiger partial charge is 0.456 e. The van der Waals surface area contributed by atoms with E-state index in [9.17, 15) is 44.1 Å². The van der Waals surface area contributed by atoms with Crippen LogP contribution >= 0.6 is 0 Å². The number of hydrogen-bond donors (Lipinski definition) is 4. The van der Waals surface area contributed by atoms with Crippen LogP contribution in [0, 0.1) is 28.6 Å². The number of Topliss-reactive ketones (excluding diaryl/α,β-unsaturated/α-hetero) is 2. The first kappa shape index (κ1) is 50.3. The van der Waals surface area contributed by atoms with Gasteiger partial charge in [0.15, 0.2) is 29.4 Å². The van der Waals surface area contributed by atoms with Crippen molar-refractivity contribution in [2.75, 3.05) is 19.8 Å². The fourth-order valence-electron chi connectivity index (χ4n) is 11.2. The molecule has 1 heterocycles. The molecule has 3 saturated carbocycles. The quantitative estimate of drug-likeness (QED) is 0.120. The Morgan fingerprint density at radius 2 is 1.56 bits per heavy atom. The number of hydrogen-bond acceptors (Lipinski definition) is 17. The van der Waals surface area contributed by atoms with Crippen LogP contribution in [0.2, 0.25) is 0 Å². The summed E-state index contributed by atoms with van der Waals surface area (Å²) in [5.41, 5.74) is -8.41.